The Balaban J connectivity index is 1.43. The fraction of sp³-hybridized carbons (Fsp3) is 0.316. The van der Waals surface area contributed by atoms with Gasteiger partial charge < -0.3 is 10.6 Å². The molecule has 2 aromatic heterocycles. The molecule has 1 aliphatic heterocycles. The molecule has 0 unspecified atom stereocenters. The molecule has 0 spiro atoms. The van der Waals surface area contributed by atoms with Crippen molar-refractivity contribution in [1.82, 2.24) is 30.3 Å². The highest BCUT2D eigenvalue weighted by Gasteiger charge is 2.18. The maximum absolute atomic E-state index is 12.4. The quantitative estimate of drug-likeness (QED) is 0.738. The number of nitrogens with one attached hydrogen (secondary N) is 2. The summed E-state index contributed by atoms with van der Waals surface area (Å²) in [6, 6.07) is 9.59. The molecular weight excluding hydrogens is 342 g/mol. The molecule has 4 rings (SSSR count). The molecule has 2 N–H and O–H groups in total. The molecule has 138 valence electrons. The van der Waals surface area contributed by atoms with Crippen molar-refractivity contribution in [3.05, 3.63) is 54.1 Å². The molecular formula is C19H21N7O. The number of aryl methyl sites for hydroxylation is 1. The highest BCUT2D eigenvalue weighted by molar-refractivity contribution is 6.02. The molecule has 1 fully saturated rings. The van der Waals surface area contributed by atoms with Crippen molar-refractivity contribution in [2.45, 2.75) is 25.8 Å². The Morgan fingerprint density at radius 3 is 2.70 bits per heavy atom. The van der Waals surface area contributed by atoms with Crippen LogP contribution in [0.4, 0.5) is 5.69 Å². The zero-order chi connectivity index (χ0) is 18.6. The van der Waals surface area contributed by atoms with E-state index in [1.54, 1.807) is 17.1 Å². The normalized spacial score (nSPS) is 14.9. The van der Waals surface area contributed by atoms with Crippen LogP contribution in [-0.2, 0) is 0 Å². The minimum atomic E-state index is -0.269. The van der Waals surface area contributed by atoms with Gasteiger partial charge in [0.05, 0.1) is 12.2 Å². The summed E-state index contributed by atoms with van der Waals surface area (Å²) < 4.78 is 1.80. The minimum absolute atomic E-state index is 0.269. The number of hydrogen-bond acceptors (Lipinski definition) is 6. The Labute approximate surface area is 157 Å². The second kappa shape index (κ2) is 7.63. The molecule has 3 heterocycles. The van der Waals surface area contributed by atoms with Crippen LogP contribution in [0.3, 0.4) is 0 Å². The summed E-state index contributed by atoms with van der Waals surface area (Å²) in [5.41, 5.74) is 2.82. The van der Waals surface area contributed by atoms with E-state index in [0.717, 1.165) is 37.2 Å². The summed E-state index contributed by atoms with van der Waals surface area (Å²) in [6.07, 6.45) is 5.44. The van der Waals surface area contributed by atoms with Gasteiger partial charge in [0.2, 0.25) is 0 Å². The van der Waals surface area contributed by atoms with Crippen molar-refractivity contribution in [3.8, 4) is 11.4 Å². The summed E-state index contributed by atoms with van der Waals surface area (Å²) in [6.45, 7) is 3.85. The maximum atomic E-state index is 12.4. The van der Waals surface area contributed by atoms with Crippen LogP contribution in [0.25, 0.3) is 11.4 Å². The van der Waals surface area contributed by atoms with Crippen molar-refractivity contribution in [2.75, 3.05) is 18.4 Å². The lowest BCUT2D eigenvalue weighted by Crippen LogP contribution is -2.29. The fourth-order valence-corrected chi connectivity index (χ4v) is 3.12. The molecule has 8 heteroatoms. The Hall–Kier alpha value is -3.13. The molecule has 1 amide bonds. The number of hydrogen-bond donors (Lipinski definition) is 2. The molecule has 3 aromatic rings. The fourth-order valence-electron chi connectivity index (χ4n) is 3.12. The molecule has 27 heavy (non-hydrogen) atoms. The van der Waals surface area contributed by atoms with Crippen LogP contribution in [0, 0.1) is 6.92 Å². The van der Waals surface area contributed by atoms with Gasteiger partial charge in [0.25, 0.3) is 5.91 Å². The van der Waals surface area contributed by atoms with Gasteiger partial charge in [0, 0.05) is 23.1 Å². The summed E-state index contributed by atoms with van der Waals surface area (Å²) >= 11 is 0. The van der Waals surface area contributed by atoms with Crippen LogP contribution in [-0.4, -0.2) is 44.0 Å². The van der Waals surface area contributed by atoms with E-state index in [0.29, 0.717) is 23.2 Å². The maximum Gasteiger partial charge on any atom is 0.277 e. The highest BCUT2D eigenvalue weighted by Crippen LogP contribution is 2.19. The number of nitrogens with zero attached hydrogens (tertiary/aromatic N) is 5. The summed E-state index contributed by atoms with van der Waals surface area (Å²) in [4.78, 5) is 21.1. The largest absolute Gasteiger partial charge is 0.321 e. The number of amides is 1. The van der Waals surface area contributed by atoms with E-state index in [-0.39, 0.29) is 5.91 Å². The molecule has 1 aromatic carbocycles. The third-order valence-electron chi connectivity index (χ3n) is 4.62. The molecule has 0 atom stereocenters. The zero-order valence-electron chi connectivity index (χ0n) is 15.1. The van der Waals surface area contributed by atoms with Crippen LogP contribution >= 0.6 is 0 Å². The smallest absolute Gasteiger partial charge is 0.277 e. The summed E-state index contributed by atoms with van der Waals surface area (Å²) in [7, 11) is 0. The van der Waals surface area contributed by atoms with Gasteiger partial charge >= 0.3 is 0 Å². The Morgan fingerprint density at radius 2 is 1.96 bits per heavy atom. The Kier molecular flexibility index (Phi) is 4.88. The first-order valence-corrected chi connectivity index (χ1v) is 9.03. The molecule has 0 bridgehead atoms. The second-order valence-electron chi connectivity index (χ2n) is 6.62. The van der Waals surface area contributed by atoms with Crippen molar-refractivity contribution >= 4 is 11.6 Å². The Bertz CT molecular complexity index is 929. The van der Waals surface area contributed by atoms with Gasteiger partial charge in [-0.1, -0.05) is 5.21 Å². The number of rotatable bonds is 4. The number of carbonyl (C=O) groups is 1. The third kappa shape index (κ3) is 4.01. The van der Waals surface area contributed by atoms with Crippen LogP contribution in [0.5, 0.6) is 0 Å². The standard InChI is InChI=1S/C19H21N7O/c1-13-6-11-21-18(22-13)14-2-4-15(5-3-14)23-19(27)17-12-26(25-24-17)16-7-9-20-10-8-16/h2-6,11-12,16,20H,7-10H2,1H3,(H,23,27). The topological polar surface area (TPSA) is 97.6 Å². The van der Waals surface area contributed by atoms with Crippen molar-refractivity contribution in [3.63, 3.8) is 0 Å². The van der Waals surface area contributed by atoms with Crippen LogP contribution in [0.2, 0.25) is 0 Å². The number of carbonyl (C=O) groups excluding carboxylic acids is 1. The highest BCUT2D eigenvalue weighted by atomic mass is 16.2. The lowest BCUT2D eigenvalue weighted by atomic mass is 10.1. The van der Waals surface area contributed by atoms with E-state index in [1.165, 1.54) is 0 Å². The number of anilines is 1. The van der Waals surface area contributed by atoms with E-state index >= 15 is 0 Å². The van der Waals surface area contributed by atoms with Gasteiger partial charge in [-0.3, -0.25) is 4.79 Å². The van der Waals surface area contributed by atoms with E-state index in [4.69, 9.17) is 0 Å². The number of piperidine rings is 1. The predicted octanol–water partition coefficient (Wildman–Crippen LogP) is 2.22. The second-order valence-corrected chi connectivity index (χ2v) is 6.62. The average Bonchev–Trinajstić information content (AvgIpc) is 3.20. The first-order valence-electron chi connectivity index (χ1n) is 9.03. The third-order valence-corrected chi connectivity index (χ3v) is 4.62. The van der Waals surface area contributed by atoms with Crippen LogP contribution < -0.4 is 10.6 Å². The molecule has 0 radical (unpaired) electrons. The van der Waals surface area contributed by atoms with Crippen molar-refractivity contribution in [1.29, 1.82) is 0 Å². The first kappa shape index (κ1) is 17.3. The van der Waals surface area contributed by atoms with E-state index in [2.05, 4.69) is 30.9 Å². The van der Waals surface area contributed by atoms with Gasteiger partial charge in [-0.25, -0.2) is 14.6 Å². The molecule has 1 aliphatic rings. The predicted molar refractivity (Wildman–Crippen MR) is 101 cm³/mol. The van der Waals surface area contributed by atoms with E-state index < -0.39 is 0 Å². The molecule has 8 nitrogen and oxygen atoms in total. The molecule has 0 aliphatic carbocycles. The minimum Gasteiger partial charge on any atom is -0.321 e. The van der Waals surface area contributed by atoms with Gasteiger partial charge in [-0.15, -0.1) is 5.10 Å². The summed E-state index contributed by atoms with van der Waals surface area (Å²) in [5.74, 6) is 0.396. The Morgan fingerprint density at radius 1 is 1.19 bits per heavy atom. The van der Waals surface area contributed by atoms with Gasteiger partial charge in [0.15, 0.2) is 11.5 Å². The monoisotopic (exact) mass is 363 g/mol. The lowest BCUT2D eigenvalue weighted by molar-refractivity contribution is 0.102. The van der Waals surface area contributed by atoms with E-state index in [1.807, 2.05) is 37.3 Å². The summed E-state index contributed by atoms with van der Waals surface area (Å²) in [5, 5.41) is 14.3. The van der Waals surface area contributed by atoms with Gasteiger partial charge in [-0.2, -0.15) is 0 Å². The average molecular weight is 363 g/mol. The molecule has 0 saturated carbocycles. The number of benzene rings is 1. The zero-order valence-corrected chi connectivity index (χ0v) is 15.1. The van der Waals surface area contributed by atoms with Crippen molar-refractivity contribution < 1.29 is 4.79 Å². The van der Waals surface area contributed by atoms with E-state index in [9.17, 15) is 4.79 Å². The molecule has 1 saturated heterocycles. The first-order chi connectivity index (χ1) is 13.2. The van der Waals surface area contributed by atoms with Gasteiger partial charge in [-0.05, 0) is 63.2 Å². The lowest BCUT2D eigenvalue weighted by Gasteiger charge is -2.22. The SMILES string of the molecule is Cc1ccnc(-c2ccc(NC(=O)c3cn(C4CCNCC4)nn3)cc2)n1. The number of aromatic nitrogens is 5. The van der Waals surface area contributed by atoms with Crippen molar-refractivity contribution in [2.24, 2.45) is 0 Å². The van der Waals surface area contributed by atoms with Crippen LogP contribution in [0.1, 0.15) is 35.1 Å². The van der Waals surface area contributed by atoms with Crippen LogP contribution in [0.15, 0.2) is 42.7 Å². The van der Waals surface area contributed by atoms with Gasteiger partial charge in [0.1, 0.15) is 0 Å².